The standard InChI is InChI=1S/C29H31N5O2/c1-36-27-13-6-5-11-23(27)20-33-17-15-26-25(21-33)28(29(35)31-19-24-12-7-8-16-30-24)32-34(26)18-14-22-9-3-2-4-10-22/h2-13,16H,14-15,17-21H2,1H3,(H,31,35). The molecular weight excluding hydrogens is 450 g/mol. The lowest BCUT2D eigenvalue weighted by atomic mass is 10.0. The second-order valence-corrected chi connectivity index (χ2v) is 9.01. The van der Waals surface area contributed by atoms with Crippen LogP contribution in [0.15, 0.2) is 79.0 Å². The summed E-state index contributed by atoms with van der Waals surface area (Å²) >= 11 is 0. The third-order valence-corrected chi connectivity index (χ3v) is 6.63. The van der Waals surface area contributed by atoms with E-state index in [2.05, 4.69) is 45.5 Å². The first kappa shape index (κ1) is 23.8. The van der Waals surface area contributed by atoms with Gasteiger partial charge in [-0.05, 0) is 30.2 Å². The summed E-state index contributed by atoms with van der Waals surface area (Å²) in [5.74, 6) is 0.727. The van der Waals surface area contributed by atoms with Crippen molar-refractivity contribution in [3.8, 4) is 5.75 Å². The van der Waals surface area contributed by atoms with Crippen molar-refractivity contribution in [3.05, 3.63) is 113 Å². The lowest BCUT2D eigenvalue weighted by Gasteiger charge is -2.28. The van der Waals surface area contributed by atoms with Crippen LogP contribution in [0.4, 0.5) is 0 Å². The second-order valence-electron chi connectivity index (χ2n) is 9.01. The smallest absolute Gasteiger partial charge is 0.272 e. The van der Waals surface area contributed by atoms with E-state index in [9.17, 15) is 4.79 Å². The van der Waals surface area contributed by atoms with Crippen molar-refractivity contribution >= 4 is 5.91 Å². The summed E-state index contributed by atoms with van der Waals surface area (Å²) in [6.45, 7) is 3.44. The molecule has 0 radical (unpaired) electrons. The van der Waals surface area contributed by atoms with E-state index in [-0.39, 0.29) is 5.91 Å². The number of hydrogen-bond donors (Lipinski definition) is 1. The number of ether oxygens (including phenoxy) is 1. The topological polar surface area (TPSA) is 72.3 Å². The van der Waals surface area contributed by atoms with Gasteiger partial charge in [-0.15, -0.1) is 0 Å². The Hall–Kier alpha value is -3.97. The summed E-state index contributed by atoms with van der Waals surface area (Å²) in [6, 6.07) is 24.2. The van der Waals surface area contributed by atoms with Gasteiger partial charge in [0.25, 0.3) is 5.91 Å². The molecular formula is C29H31N5O2. The number of methoxy groups -OCH3 is 1. The number of carbonyl (C=O) groups excluding carboxylic acids is 1. The number of pyridine rings is 1. The van der Waals surface area contributed by atoms with E-state index in [1.54, 1.807) is 13.3 Å². The van der Waals surface area contributed by atoms with Crippen molar-refractivity contribution in [1.82, 2.24) is 25.0 Å². The van der Waals surface area contributed by atoms with E-state index in [1.165, 1.54) is 5.56 Å². The molecule has 0 saturated carbocycles. The molecule has 1 aliphatic rings. The molecule has 1 aliphatic heterocycles. The Bertz CT molecular complexity index is 1300. The van der Waals surface area contributed by atoms with Crippen LogP contribution in [0.2, 0.25) is 0 Å². The first-order valence-electron chi connectivity index (χ1n) is 12.4. The molecule has 0 fully saturated rings. The van der Waals surface area contributed by atoms with Crippen LogP contribution in [0.3, 0.4) is 0 Å². The van der Waals surface area contributed by atoms with Gasteiger partial charge in [0.1, 0.15) is 5.75 Å². The van der Waals surface area contributed by atoms with Gasteiger partial charge in [0, 0.05) is 55.6 Å². The number of aromatic nitrogens is 3. The van der Waals surface area contributed by atoms with E-state index in [4.69, 9.17) is 9.84 Å². The average Bonchev–Trinajstić information content (AvgIpc) is 3.30. The molecule has 0 aliphatic carbocycles. The molecule has 0 bridgehead atoms. The number of para-hydroxylation sites is 1. The van der Waals surface area contributed by atoms with Gasteiger partial charge in [-0.2, -0.15) is 5.10 Å². The molecule has 3 heterocycles. The van der Waals surface area contributed by atoms with Gasteiger partial charge in [0.2, 0.25) is 0 Å². The summed E-state index contributed by atoms with van der Waals surface area (Å²) in [5, 5.41) is 7.85. The van der Waals surface area contributed by atoms with Crippen LogP contribution in [-0.2, 0) is 39.0 Å². The number of nitrogens with one attached hydrogen (secondary N) is 1. The number of fused-ring (bicyclic) bond motifs is 1. The summed E-state index contributed by atoms with van der Waals surface area (Å²) in [7, 11) is 1.70. The van der Waals surface area contributed by atoms with Crippen LogP contribution >= 0.6 is 0 Å². The number of rotatable bonds is 9. The predicted octanol–water partition coefficient (Wildman–Crippen LogP) is 4.02. The van der Waals surface area contributed by atoms with Gasteiger partial charge in [0.05, 0.1) is 19.3 Å². The van der Waals surface area contributed by atoms with E-state index >= 15 is 0 Å². The van der Waals surface area contributed by atoms with Gasteiger partial charge >= 0.3 is 0 Å². The molecule has 4 aromatic rings. The number of benzene rings is 2. The molecule has 2 aromatic heterocycles. The number of carbonyl (C=O) groups is 1. The van der Waals surface area contributed by atoms with Gasteiger partial charge in [0.15, 0.2) is 5.69 Å². The van der Waals surface area contributed by atoms with Gasteiger partial charge < -0.3 is 10.1 Å². The average molecular weight is 482 g/mol. The molecule has 0 unspecified atom stereocenters. The van der Waals surface area contributed by atoms with Crippen LogP contribution in [0, 0.1) is 0 Å². The Balaban J connectivity index is 1.37. The number of amides is 1. The van der Waals surface area contributed by atoms with Crippen LogP contribution in [0.1, 0.15) is 38.6 Å². The van der Waals surface area contributed by atoms with Crippen molar-refractivity contribution in [1.29, 1.82) is 0 Å². The van der Waals surface area contributed by atoms with Crippen LogP contribution < -0.4 is 10.1 Å². The van der Waals surface area contributed by atoms with Gasteiger partial charge in [-0.3, -0.25) is 19.4 Å². The highest BCUT2D eigenvalue weighted by Gasteiger charge is 2.28. The fourth-order valence-electron chi connectivity index (χ4n) is 4.76. The van der Waals surface area contributed by atoms with Crippen LogP contribution in [-0.4, -0.2) is 39.2 Å². The summed E-state index contributed by atoms with van der Waals surface area (Å²) in [5.41, 5.74) is 5.91. The normalized spacial score (nSPS) is 13.2. The lowest BCUT2D eigenvalue weighted by Crippen LogP contribution is -2.32. The maximum atomic E-state index is 13.3. The minimum absolute atomic E-state index is 0.158. The molecule has 36 heavy (non-hydrogen) atoms. The van der Waals surface area contributed by atoms with Crippen molar-refractivity contribution in [2.24, 2.45) is 0 Å². The second kappa shape index (κ2) is 11.2. The Morgan fingerprint density at radius 3 is 2.64 bits per heavy atom. The summed E-state index contributed by atoms with van der Waals surface area (Å²) in [4.78, 5) is 20.0. The SMILES string of the molecule is COc1ccccc1CN1CCc2c(c(C(=O)NCc3ccccn3)nn2CCc2ccccc2)C1. The van der Waals surface area contributed by atoms with Crippen LogP contribution in [0.5, 0.6) is 5.75 Å². The van der Waals surface area contributed by atoms with Crippen molar-refractivity contribution in [3.63, 3.8) is 0 Å². The first-order valence-corrected chi connectivity index (χ1v) is 12.4. The Morgan fingerprint density at radius 2 is 1.83 bits per heavy atom. The van der Waals surface area contributed by atoms with E-state index in [0.717, 1.165) is 60.7 Å². The molecule has 2 aromatic carbocycles. The zero-order valence-electron chi connectivity index (χ0n) is 20.6. The number of hydrogen-bond acceptors (Lipinski definition) is 5. The number of nitrogens with zero attached hydrogens (tertiary/aromatic N) is 4. The van der Waals surface area contributed by atoms with E-state index in [0.29, 0.717) is 18.8 Å². The fraction of sp³-hybridized carbons (Fsp3) is 0.276. The molecule has 1 N–H and O–H groups in total. The van der Waals surface area contributed by atoms with E-state index < -0.39 is 0 Å². The quantitative estimate of drug-likeness (QED) is 0.391. The molecule has 7 nitrogen and oxygen atoms in total. The van der Waals surface area contributed by atoms with E-state index in [1.807, 2.05) is 47.1 Å². The first-order chi connectivity index (χ1) is 17.7. The van der Waals surface area contributed by atoms with Gasteiger partial charge in [-0.25, -0.2) is 0 Å². The third-order valence-electron chi connectivity index (χ3n) is 6.63. The molecule has 0 saturated heterocycles. The highest BCUT2D eigenvalue weighted by Crippen LogP contribution is 2.27. The summed E-state index contributed by atoms with van der Waals surface area (Å²) in [6.07, 6.45) is 3.45. The Kier molecular flexibility index (Phi) is 7.38. The highest BCUT2D eigenvalue weighted by atomic mass is 16.5. The maximum Gasteiger partial charge on any atom is 0.272 e. The molecule has 1 amide bonds. The zero-order chi connectivity index (χ0) is 24.7. The van der Waals surface area contributed by atoms with Crippen LogP contribution in [0.25, 0.3) is 0 Å². The molecule has 0 spiro atoms. The minimum Gasteiger partial charge on any atom is -0.496 e. The Labute approximate surface area is 211 Å². The molecule has 0 atom stereocenters. The monoisotopic (exact) mass is 481 g/mol. The third kappa shape index (κ3) is 5.47. The maximum absolute atomic E-state index is 13.3. The zero-order valence-corrected chi connectivity index (χ0v) is 20.6. The lowest BCUT2D eigenvalue weighted by molar-refractivity contribution is 0.0942. The molecule has 7 heteroatoms. The van der Waals surface area contributed by atoms with Crippen molar-refractivity contribution in [2.75, 3.05) is 13.7 Å². The molecule has 184 valence electrons. The van der Waals surface area contributed by atoms with Crippen molar-refractivity contribution in [2.45, 2.75) is 39.0 Å². The minimum atomic E-state index is -0.158. The van der Waals surface area contributed by atoms with Gasteiger partial charge in [-0.1, -0.05) is 54.6 Å². The number of aryl methyl sites for hydroxylation is 2. The predicted molar refractivity (Wildman–Crippen MR) is 139 cm³/mol. The fourth-order valence-corrected chi connectivity index (χ4v) is 4.76. The largest absolute Gasteiger partial charge is 0.496 e. The summed E-state index contributed by atoms with van der Waals surface area (Å²) < 4.78 is 7.60. The Morgan fingerprint density at radius 1 is 1.03 bits per heavy atom. The van der Waals surface area contributed by atoms with Crippen molar-refractivity contribution < 1.29 is 9.53 Å². The molecule has 5 rings (SSSR count). The highest BCUT2D eigenvalue weighted by molar-refractivity contribution is 5.94.